The predicted octanol–water partition coefficient (Wildman–Crippen LogP) is 1.65. The molecule has 1 N–H and O–H groups in total. The Morgan fingerprint density at radius 3 is 2.70 bits per heavy atom. The van der Waals surface area contributed by atoms with Crippen molar-refractivity contribution in [3.05, 3.63) is 0 Å². The molecule has 20 heavy (non-hydrogen) atoms. The fourth-order valence-electron chi connectivity index (χ4n) is 4.06. The van der Waals surface area contributed by atoms with Crippen LogP contribution in [0.4, 0.5) is 0 Å². The quantitative estimate of drug-likeness (QED) is 0.751. The lowest BCUT2D eigenvalue weighted by Crippen LogP contribution is -2.53. The number of nitrogens with zero attached hydrogens (tertiary/aromatic N) is 1. The van der Waals surface area contributed by atoms with Gasteiger partial charge in [-0.15, -0.1) is 0 Å². The molecule has 0 aromatic rings. The molecule has 3 fully saturated rings. The predicted molar refractivity (Wildman–Crippen MR) is 80.0 cm³/mol. The van der Waals surface area contributed by atoms with Crippen molar-refractivity contribution in [2.75, 3.05) is 45.9 Å². The minimum absolute atomic E-state index is 0.324. The van der Waals surface area contributed by atoms with Crippen molar-refractivity contribution < 1.29 is 9.47 Å². The lowest BCUT2D eigenvalue weighted by atomic mass is 9.81. The summed E-state index contributed by atoms with van der Waals surface area (Å²) < 4.78 is 11.8. The van der Waals surface area contributed by atoms with Crippen LogP contribution < -0.4 is 5.32 Å². The first kappa shape index (κ1) is 14.8. The number of fused-ring (bicyclic) bond motifs is 2. The van der Waals surface area contributed by atoms with E-state index >= 15 is 0 Å². The zero-order valence-corrected chi connectivity index (χ0v) is 12.9. The van der Waals surface area contributed by atoms with Gasteiger partial charge < -0.3 is 14.8 Å². The van der Waals surface area contributed by atoms with Crippen LogP contribution in [0.25, 0.3) is 0 Å². The zero-order valence-electron chi connectivity index (χ0n) is 12.9. The third kappa shape index (κ3) is 3.53. The highest BCUT2D eigenvalue weighted by Crippen LogP contribution is 2.33. The van der Waals surface area contributed by atoms with Crippen LogP contribution in [0.3, 0.4) is 0 Å². The Morgan fingerprint density at radius 2 is 2.05 bits per heavy atom. The molecule has 3 atom stereocenters. The first-order valence-electron chi connectivity index (χ1n) is 8.46. The number of likely N-dealkylation sites (tertiary alicyclic amines) is 1. The van der Waals surface area contributed by atoms with Crippen molar-refractivity contribution in [1.82, 2.24) is 10.2 Å². The van der Waals surface area contributed by atoms with Gasteiger partial charge in [-0.1, -0.05) is 6.92 Å². The van der Waals surface area contributed by atoms with Gasteiger partial charge in [-0.05, 0) is 38.6 Å². The summed E-state index contributed by atoms with van der Waals surface area (Å²) in [5.41, 5.74) is 0.324. The molecule has 0 saturated carbocycles. The summed E-state index contributed by atoms with van der Waals surface area (Å²) in [6.07, 6.45) is 7.25. The minimum atomic E-state index is 0.324. The molecule has 0 aromatic carbocycles. The third-order valence-corrected chi connectivity index (χ3v) is 5.01. The van der Waals surface area contributed by atoms with Gasteiger partial charge in [0, 0.05) is 38.2 Å². The van der Waals surface area contributed by atoms with Gasteiger partial charge in [-0.25, -0.2) is 0 Å². The van der Waals surface area contributed by atoms with E-state index in [0.717, 1.165) is 39.4 Å². The highest BCUT2D eigenvalue weighted by atomic mass is 16.5. The SMILES string of the molecule is CCCNCC1(CN2CC3CCC(C2)O3)CCCOC1. The second-order valence-electron chi connectivity index (χ2n) is 6.98. The van der Waals surface area contributed by atoms with Crippen molar-refractivity contribution in [1.29, 1.82) is 0 Å². The van der Waals surface area contributed by atoms with Gasteiger partial charge in [0.15, 0.2) is 0 Å². The number of hydrogen-bond donors (Lipinski definition) is 1. The summed E-state index contributed by atoms with van der Waals surface area (Å²) in [6, 6.07) is 0. The van der Waals surface area contributed by atoms with Gasteiger partial charge in [-0.2, -0.15) is 0 Å². The van der Waals surface area contributed by atoms with Crippen molar-refractivity contribution in [2.45, 2.75) is 51.2 Å². The fourth-order valence-corrected chi connectivity index (χ4v) is 4.06. The molecular weight excluding hydrogens is 252 g/mol. The summed E-state index contributed by atoms with van der Waals surface area (Å²) >= 11 is 0. The van der Waals surface area contributed by atoms with Crippen molar-refractivity contribution in [2.24, 2.45) is 5.41 Å². The third-order valence-electron chi connectivity index (χ3n) is 5.01. The van der Waals surface area contributed by atoms with Crippen LogP contribution in [0.2, 0.25) is 0 Å². The molecule has 2 bridgehead atoms. The molecular formula is C16H30N2O2. The molecule has 3 aliphatic heterocycles. The second kappa shape index (κ2) is 6.73. The molecule has 3 aliphatic rings. The fraction of sp³-hybridized carbons (Fsp3) is 1.00. The van der Waals surface area contributed by atoms with E-state index in [-0.39, 0.29) is 0 Å². The van der Waals surface area contributed by atoms with Gasteiger partial charge in [0.05, 0.1) is 18.8 Å². The molecule has 3 rings (SSSR count). The van der Waals surface area contributed by atoms with E-state index in [1.54, 1.807) is 0 Å². The normalized spacial score (nSPS) is 38.2. The molecule has 3 heterocycles. The molecule has 116 valence electrons. The van der Waals surface area contributed by atoms with Crippen LogP contribution >= 0.6 is 0 Å². The molecule has 3 unspecified atom stereocenters. The lowest BCUT2D eigenvalue weighted by Gasteiger charge is -2.43. The van der Waals surface area contributed by atoms with Crippen LogP contribution in [0, 0.1) is 5.41 Å². The van der Waals surface area contributed by atoms with Gasteiger partial charge in [0.2, 0.25) is 0 Å². The van der Waals surface area contributed by atoms with Crippen molar-refractivity contribution in [3.63, 3.8) is 0 Å². The Kier molecular flexibility index (Phi) is 4.97. The molecule has 0 aromatic heterocycles. The number of ether oxygens (including phenoxy) is 2. The van der Waals surface area contributed by atoms with E-state index < -0.39 is 0 Å². The van der Waals surface area contributed by atoms with E-state index in [2.05, 4.69) is 17.1 Å². The van der Waals surface area contributed by atoms with Crippen molar-refractivity contribution >= 4 is 0 Å². The standard InChI is InChI=1S/C16H30N2O2/c1-2-7-17-11-16(6-3-8-19-13-16)12-18-9-14-4-5-15(10-18)20-14/h14-15,17H,2-13H2,1H3. The molecule has 3 saturated heterocycles. The van der Waals surface area contributed by atoms with E-state index in [0.29, 0.717) is 17.6 Å². The van der Waals surface area contributed by atoms with Crippen LogP contribution in [0.1, 0.15) is 39.0 Å². The molecule has 4 heteroatoms. The van der Waals surface area contributed by atoms with Crippen molar-refractivity contribution in [3.8, 4) is 0 Å². The van der Waals surface area contributed by atoms with Crippen LogP contribution in [-0.4, -0.2) is 63.0 Å². The summed E-state index contributed by atoms with van der Waals surface area (Å²) in [7, 11) is 0. The zero-order chi connectivity index (χ0) is 13.8. The van der Waals surface area contributed by atoms with Crippen LogP contribution in [-0.2, 0) is 9.47 Å². The highest BCUT2D eigenvalue weighted by Gasteiger charge is 2.39. The molecule has 0 radical (unpaired) electrons. The van der Waals surface area contributed by atoms with Gasteiger partial charge in [0.25, 0.3) is 0 Å². The maximum Gasteiger partial charge on any atom is 0.0707 e. The first-order chi connectivity index (χ1) is 9.80. The Labute approximate surface area is 123 Å². The summed E-state index contributed by atoms with van der Waals surface area (Å²) in [5.74, 6) is 0. The molecule has 0 spiro atoms. The minimum Gasteiger partial charge on any atom is -0.381 e. The molecule has 0 aliphatic carbocycles. The lowest BCUT2D eigenvalue weighted by molar-refractivity contribution is -0.0744. The number of nitrogens with one attached hydrogen (secondary N) is 1. The van der Waals surface area contributed by atoms with Gasteiger partial charge in [0.1, 0.15) is 0 Å². The maximum absolute atomic E-state index is 5.96. The van der Waals surface area contributed by atoms with Gasteiger partial charge >= 0.3 is 0 Å². The molecule has 4 nitrogen and oxygen atoms in total. The topological polar surface area (TPSA) is 33.7 Å². The van der Waals surface area contributed by atoms with E-state index in [1.165, 1.54) is 38.6 Å². The van der Waals surface area contributed by atoms with E-state index in [1.807, 2.05) is 0 Å². The van der Waals surface area contributed by atoms with Crippen LogP contribution in [0.15, 0.2) is 0 Å². The first-order valence-corrected chi connectivity index (χ1v) is 8.46. The van der Waals surface area contributed by atoms with E-state index in [9.17, 15) is 0 Å². The van der Waals surface area contributed by atoms with Gasteiger partial charge in [-0.3, -0.25) is 4.90 Å². The van der Waals surface area contributed by atoms with Crippen LogP contribution in [0.5, 0.6) is 0 Å². The summed E-state index contributed by atoms with van der Waals surface area (Å²) in [6.45, 7) is 9.78. The smallest absolute Gasteiger partial charge is 0.0707 e. The summed E-state index contributed by atoms with van der Waals surface area (Å²) in [5, 5.41) is 3.64. The summed E-state index contributed by atoms with van der Waals surface area (Å²) in [4.78, 5) is 2.65. The van der Waals surface area contributed by atoms with E-state index in [4.69, 9.17) is 9.47 Å². The average molecular weight is 282 g/mol. The Morgan fingerprint density at radius 1 is 1.25 bits per heavy atom. The Hall–Kier alpha value is -0.160. The molecule has 0 amide bonds. The number of hydrogen-bond acceptors (Lipinski definition) is 4. The average Bonchev–Trinajstić information content (AvgIpc) is 2.79. The second-order valence-corrected chi connectivity index (χ2v) is 6.98. The number of rotatable bonds is 6. The largest absolute Gasteiger partial charge is 0.381 e. The highest BCUT2D eigenvalue weighted by molar-refractivity contribution is 4.92. The maximum atomic E-state index is 5.96. The monoisotopic (exact) mass is 282 g/mol. The Balaban J connectivity index is 1.57. The Bertz CT molecular complexity index is 293. The number of morpholine rings is 1.